The van der Waals surface area contributed by atoms with Crippen LogP contribution in [0.25, 0.3) is 0 Å². The van der Waals surface area contributed by atoms with Gasteiger partial charge in [-0.2, -0.15) is 0 Å². The topological polar surface area (TPSA) is 80.4 Å². The van der Waals surface area contributed by atoms with E-state index in [0.29, 0.717) is 12.8 Å². The first-order valence-corrected chi connectivity index (χ1v) is 3.13. The highest BCUT2D eigenvalue weighted by molar-refractivity contribution is 5.81. The third-order valence-corrected chi connectivity index (χ3v) is 1.89. The maximum Gasteiger partial charge on any atom is 0.306 e. The molecule has 0 unspecified atom stereocenters. The Morgan fingerprint density at radius 1 is 1.30 bits per heavy atom. The number of aliphatic carboxylic acids is 1. The van der Waals surface area contributed by atoms with Gasteiger partial charge in [-0.05, 0) is 12.8 Å². The van der Waals surface area contributed by atoms with Gasteiger partial charge in [0, 0.05) is 5.92 Å². The van der Waals surface area contributed by atoms with Gasteiger partial charge in [0.25, 0.3) is 0 Å². The van der Waals surface area contributed by atoms with Crippen LogP contribution in [0.5, 0.6) is 0 Å². The van der Waals surface area contributed by atoms with E-state index < -0.39 is 5.97 Å². The summed E-state index contributed by atoms with van der Waals surface area (Å²) in [7, 11) is 0. The van der Waals surface area contributed by atoms with Gasteiger partial charge in [0.15, 0.2) is 0 Å². The molecule has 56 valence electrons. The number of rotatable bonds is 2. The van der Waals surface area contributed by atoms with Crippen molar-refractivity contribution in [3.63, 3.8) is 0 Å². The first-order chi connectivity index (χ1) is 4.61. The molecule has 0 atom stereocenters. The SMILES string of the molecule is NC(=O)C1CC(C(=O)O)C1. The number of carbonyl (C=O) groups excluding carboxylic acids is 1. The number of hydrogen-bond acceptors (Lipinski definition) is 2. The third kappa shape index (κ3) is 1.10. The number of carboxylic acid groups (broad SMARTS) is 1. The summed E-state index contributed by atoms with van der Waals surface area (Å²) >= 11 is 0. The van der Waals surface area contributed by atoms with Crippen molar-refractivity contribution in [1.82, 2.24) is 0 Å². The molecule has 3 N–H and O–H groups in total. The van der Waals surface area contributed by atoms with E-state index >= 15 is 0 Å². The summed E-state index contributed by atoms with van der Waals surface area (Å²) in [6.45, 7) is 0. The van der Waals surface area contributed by atoms with Crippen LogP contribution in [-0.4, -0.2) is 17.0 Å². The summed E-state index contributed by atoms with van der Waals surface area (Å²) in [5.74, 6) is -1.73. The minimum atomic E-state index is -0.822. The molecule has 0 heterocycles. The lowest BCUT2D eigenvalue weighted by molar-refractivity contribution is -0.148. The van der Waals surface area contributed by atoms with Crippen molar-refractivity contribution in [3.05, 3.63) is 0 Å². The van der Waals surface area contributed by atoms with Crippen molar-refractivity contribution in [1.29, 1.82) is 0 Å². The number of amides is 1. The molecule has 0 aromatic heterocycles. The van der Waals surface area contributed by atoms with E-state index in [-0.39, 0.29) is 17.7 Å². The van der Waals surface area contributed by atoms with E-state index in [4.69, 9.17) is 10.8 Å². The average Bonchev–Trinajstić information content (AvgIpc) is 1.56. The first kappa shape index (κ1) is 7.05. The fourth-order valence-corrected chi connectivity index (χ4v) is 1.05. The van der Waals surface area contributed by atoms with Gasteiger partial charge in [-0.25, -0.2) is 0 Å². The second-order valence-electron chi connectivity index (χ2n) is 2.61. The van der Waals surface area contributed by atoms with Gasteiger partial charge in [0.2, 0.25) is 5.91 Å². The lowest BCUT2D eigenvalue weighted by atomic mass is 9.75. The summed E-state index contributed by atoms with van der Waals surface area (Å²) in [6, 6.07) is 0. The van der Waals surface area contributed by atoms with Crippen molar-refractivity contribution in [2.24, 2.45) is 17.6 Å². The van der Waals surface area contributed by atoms with Gasteiger partial charge in [0.1, 0.15) is 0 Å². The maximum absolute atomic E-state index is 10.4. The van der Waals surface area contributed by atoms with Gasteiger partial charge >= 0.3 is 5.97 Å². The Morgan fingerprint density at radius 2 is 1.80 bits per heavy atom. The molecule has 1 aliphatic carbocycles. The van der Waals surface area contributed by atoms with E-state index in [1.165, 1.54) is 0 Å². The van der Waals surface area contributed by atoms with Crippen LogP contribution in [0.15, 0.2) is 0 Å². The quantitative estimate of drug-likeness (QED) is 0.551. The Balaban J connectivity index is 2.31. The van der Waals surface area contributed by atoms with Crippen LogP contribution in [0, 0.1) is 11.8 Å². The van der Waals surface area contributed by atoms with Crippen LogP contribution < -0.4 is 5.73 Å². The molecule has 0 saturated heterocycles. The molecule has 1 fully saturated rings. The second-order valence-corrected chi connectivity index (χ2v) is 2.61. The predicted molar refractivity (Wildman–Crippen MR) is 33.0 cm³/mol. The molecule has 0 aromatic carbocycles. The fraction of sp³-hybridized carbons (Fsp3) is 0.667. The first-order valence-electron chi connectivity index (χ1n) is 3.13. The summed E-state index contributed by atoms with van der Waals surface area (Å²) in [5.41, 5.74) is 4.93. The number of carbonyl (C=O) groups is 2. The minimum absolute atomic E-state index is 0.193. The lowest BCUT2D eigenvalue weighted by Crippen LogP contribution is -2.38. The molecular weight excluding hydrogens is 134 g/mol. The molecule has 0 radical (unpaired) electrons. The van der Waals surface area contributed by atoms with Crippen LogP contribution >= 0.6 is 0 Å². The number of nitrogens with two attached hydrogens (primary N) is 1. The van der Waals surface area contributed by atoms with E-state index in [1.807, 2.05) is 0 Å². The molecule has 0 bridgehead atoms. The zero-order chi connectivity index (χ0) is 7.72. The van der Waals surface area contributed by atoms with E-state index in [0.717, 1.165) is 0 Å². The highest BCUT2D eigenvalue weighted by Crippen LogP contribution is 2.33. The molecular formula is C6H9NO3. The smallest absolute Gasteiger partial charge is 0.306 e. The average molecular weight is 143 g/mol. The van der Waals surface area contributed by atoms with Crippen LogP contribution in [0.1, 0.15) is 12.8 Å². The second kappa shape index (κ2) is 2.28. The van der Waals surface area contributed by atoms with Crippen molar-refractivity contribution in [2.45, 2.75) is 12.8 Å². The van der Waals surface area contributed by atoms with Crippen molar-refractivity contribution in [2.75, 3.05) is 0 Å². The Bertz CT molecular complexity index is 154. The van der Waals surface area contributed by atoms with Gasteiger partial charge in [0.05, 0.1) is 5.92 Å². The Morgan fingerprint density at radius 3 is 2.10 bits per heavy atom. The molecule has 0 spiro atoms. The zero-order valence-electron chi connectivity index (χ0n) is 5.41. The summed E-state index contributed by atoms with van der Waals surface area (Å²) in [5, 5.41) is 8.38. The Labute approximate surface area is 58.0 Å². The summed E-state index contributed by atoms with van der Waals surface area (Å²) in [6.07, 6.45) is 0.843. The largest absolute Gasteiger partial charge is 0.481 e. The number of primary amides is 1. The molecule has 1 saturated carbocycles. The highest BCUT2D eigenvalue weighted by Gasteiger charge is 2.37. The zero-order valence-corrected chi connectivity index (χ0v) is 5.41. The molecule has 1 aliphatic rings. The van der Waals surface area contributed by atoms with Crippen LogP contribution in [0.3, 0.4) is 0 Å². The van der Waals surface area contributed by atoms with Crippen LogP contribution in [0.2, 0.25) is 0 Å². The number of hydrogen-bond donors (Lipinski definition) is 2. The van der Waals surface area contributed by atoms with Crippen molar-refractivity contribution >= 4 is 11.9 Å². The summed E-state index contributed by atoms with van der Waals surface area (Å²) < 4.78 is 0. The normalized spacial score (nSPS) is 30.8. The molecule has 1 rings (SSSR count). The van der Waals surface area contributed by atoms with Gasteiger partial charge in [-0.15, -0.1) is 0 Å². The van der Waals surface area contributed by atoms with E-state index in [1.54, 1.807) is 0 Å². The maximum atomic E-state index is 10.4. The molecule has 0 aromatic rings. The molecule has 1 amide bonds. The van der Waals surface area contributed by atoms with Gasteiger partial charge in [-0.1, -0.05) is 0 Å². The molecule has 4 heteroatoms. The van der Waals surface area contributed by atoms with Crippen LogP contribution in [0.4, 0.5) is 0 Å². The Hall–Kier alpha value is -1.06. The molecule has 10 heavy (non-hydrogen) atoms. The monoisotopic (exact) mass is 143 g/mol. The number of carboxylic acids is 1. The van der Waals surface area contributed by atoms with Crippen LogP contribution in [-0.2, 0) is 9.59 Å². The minimum Gasteiger partial charge on any atom is -0.481 e. The third-order valence-electron chi connectivity index (χ3n) is 1.89. The molecule has 4 nitrogen and oxygen atoms in total. The van der Waals surface area contributed by atoms with Crippen molar-refractivity contribution < 1.29 is 14.7 Å². The standard InChI is InChI=1S/C6H9NO3/c7-5(8)3-1-4(2-3)6(9)10/h3-4H,1-2H2,(H2,7,8)(H,9,10). The van der Waals surface area contributed by atoms with E-state index in [9.17, 15) is 9.59 Å². The van der Waals surface area contributed by atoms with Gasteiger partial charge < -0.3 is 10.8 Å². The molecule has 0 aliphatic heterocycles. The van der Waals surface area contributed by atoms with E-state index in [2.05, 4.69) is 0 Å². The van der Waals surface area contributed by atoms with Crippen molar-refractivity contribution in [3.8, 4) is 0 Å². The van der Waals surface area contributed by atoms with Gasteiger partial charge in [-0.3, -0.25) is 9.59 Å². The highest BCUT2D eigenvalue weighted by atomic mass is 16.4. The Kier molecular flexibility index (Phi) is 1.61. The summed E-state index contributed by atoms with van der Waals surface area (Å²) in [4.78, 5) is 20.6. The fourth-order valence-electron chi connectivity index (χ4n) is 1.05. The lowest BCUT2D eigenvalue weighted by Gasteiger charge is -2.29. The predicted octanol–water partition coefficient (Wildman–Crippen LogP) is -0.418.